The van der Waals surface area contributed by atoms with E-state index in [1.807, 2.05) is 0 Å². The monoisotopic (exact) mass is 154 g/mol. The Balaban J connectivity index is 1.76. The van der Waals surface area contributed by atoms with E-state index in [1.165, 1.54) is 45.4 Å². The summed E-state index contributed by atoms with van der Waals surface area (Å²) in [7, 11) is 2.19. The first-order chi connectivity index (χ1) is 5.36. The van der Waals surface area contributed by atoms with Crippen molar-refractivity contribution in [2.45, 2.75) is 38.1 Å². The van der Waals surface area contributed by atoms with Crippen LogP contribution in [0.2, 0.25) is 0 Å². The zero-order valence-corrected chi connectivity index (χ0v) is 7.42. The molecule has 0 unspecified atom stereocenters. The SMILES string of the molecule is CN1CN(C2CCCCC2)C1. The summed E-state index contributed by atoms with van der Waals surface area (Å²) < 4.78 is 0. The minimum atomic E-state index is 0.931. The summed E-state index contributed by atoms with van der Waals surface area (Å²) in [6.07, 6.45) is 7.30. The van der Waals surface area contributed by atoms with E-state index in [2.05, 4.69) is 16.8 Å². The minimum absolute atomic E-state index is 0.931. The molecule has 2 heteroatoms. The molecule has 2 nitrogen and oxygen atoms in total. The van der Waals surface area contributed by atoms with E-state index in [-0.39, 0.29) is 0 Å². The summed E-state index contributed by atoms with van der Waals surface area (Å²) in [5.41, 5.74) is 0. The predicted molar refractivity (Wildman–Crippen MR) is 46.2 cm³/mol. The summed E-state index contributed by atoms with van der Waals surface area (Å²) in [6, 6.07) is 0.931. The molecule has 0 atom stereocenters. The predicted octanol–water partition coefficient (Wildman–Crippen LogP) is 1.48. The molecule has 11 heavy (non-hydrogen) atoms. The average molecular weight is 154 g/mol. The van der Waals surface area contributed by atoms with Crippen LogP contribution in [0.25, 0.3) is 0 Å². The van der Waals surface area contributed by atoms with Crippen molar-refractivity contribution in [2.24, 2.45) is 0 Å². The summed E-state index contributed by atoms with van der Waals surface area (Å²) in [5, 5.41) is 0. The molecule has 0 aromatic carbocycles. The smallest absolute Gasteiger partial charge is 0.0529 e. The van der Waals surface area contributed by atoms with Crippen molar-refractivity contribution < 1.29 is 0 Å². The molecule has 0 amide bonds. The van der Waals surface area contributed by atoms with Gasteiger partial charge in [0, 0.05) is 6.04 Å². The van der Waals surface area contributed by atoms with Crippen molar-refractivity contribution >= 4 is 0 Å². The molecule has 1 aliphatic heterocycles. The highest BCUT2D eigenvalue weighted by atomic mass is 15.5. The van der Waals surface area contributed by atoms with Gasteiger partial charge in [0.1, 0.15) is 0 Å². The van der Waals surface area contributed by atoms with Crippen LogP contribution >= 0.6 is 0 Å². The first kappa shape index (κ1) is 7.56. The highest BCUT2D eigenvalue weighted by Crippen LogP contribution is 2.25. The highest BCUT2D eigenvalue weighted by molar-refractivity contribution is 4.79. The zero-order chi connectivity index (χ0) is 7.68. The maximum Gasteiger partial charge on any atom is 0.0529 e. The minimum Gasteiger partial charge on any atom is -0.280 e. The number of rotatable bonds is 1. The lowest BCUT2D eigenvalue weighted by Gasteiger charge is -2.46. The maximum atomic E-state index is 2.61. The lowest BCUT2D eigenvalue weighted by molar-refractivity contribution is -0.0517. The van der Waals surface area contributed by atoms with Gasteiger partial charge < -0.3 is 0 Å². The van der Waals surface area contributed by atoms with Crippen LogP contribution in [0.4, 0.5) is 0 Å². The van der Waals surface area contributed by atoms with E-state index in [1.54, 1.807) is 0 Å². The molecule has 0 spiro atoms. The molecule has 1 saturated carbocycles. The molecule has 0 aromatic heterocycles. The van der Waals surface area contributed by atoms with Crippen LogP contribution in [-0.4, -0.2) is 36.2 Å². The number of nitrogens with zero attached hydrogens (tertiary/aromatic N) is 2. The molecule has 2 fully saturated rings. The van der Waals surface area contributed by atoms with Gasteiger partial charge in [-0.25, -0.2) is 0 Å². The van der Waals surface area contributed by atoms with E-state index in [0.717, 1.165) is 6.04 Å². The summed E-state index contributed by atoms with van der Waals surface area (Å²) >= 11 is 0. The van der Waals surface area contributed by atoms with Gasteiger partial charge in [-0.3, -0.25) is 9.80 Å². The van der Waals surface area contributed by atoms with Crippen molar-refractivity contribution in [3.05, 3.63) is 0 Å². The summed E-state index contributed by atoms with van der Waals surface area (Å²) in [6.45, 7) is 2.43. The molecule has 1 aliphatic carbocycles. The second-order valence-corrected chi connectivity index (χ2v) is 4.02. The van der Waals surface area contributed by atoms with Gasteiger partial charge in [-0.15, -0.1) is 0 Å². The molecule has 64 valence electrons. The van der Waals surface area contributed by atoms with Crippen LogP contribution in [0.15, 0.2) is 0 Å². The Morgan fingerprint density at radius 1 is 1.00 bits per heavy atom. The molecule has 2 rings (SSSR count). The van der Waals surface area contributed by atoms with E-state index in [0.29, 0.717) is 0 Å². The Bertz CT molecular complexity index is 124. The molecule has 2 aliphatic rings. The molecule has 0 aromatic rings. The third-order valence-electron chi connectivity index (χ3n) is 2.94. The van der Waals surface area contributed by atoms with Crippen molar-refractivity contribution in [3.63, 3.8) is 0 Å². The molecular weight excluding hydrogens is 136 g/mol. The first-order valence-electron chi connectivity index (χ1n) is 4.79. The highest BCUT2D eigenvalue weighted by Gasteiger charge is 2.28. The topological polar surface area (TPSA) is 6.48 Å². The molecule has 1 heterocycles. The maximum absolute atomic E-state index is 2.61. The molecule has 0 N–H and O–H groups in total. The molecule has 0 bridgehead atoms. The van der Waals surface area contributed by atoms with E-state index in [9.17, 15) is 0 Å². The lowest BCUT2D eigenvalue weighted by atomic mass is 9.94. The van der Waals surface area contributed by atoms with Crippen LogP contribution in [0.5, 0.6) is 0 Å². The van der Waals surface area contributed by atoms with Gasteiger partial charge in [0.15, 0.2) is 0 Å². The van der Waals surface area contributed by atoms with E-state index < -0.39 is 0 Å². The Morgan fingerprint density at radius 3 is 2.18 bits per heavy atom. The average Bonchev–Trinajstić information content (AvgIpc) is 2.01. The third-order valence-corrected chi connectivity index (χ3v) is 2.94. The Morgan fingerprint density at radius 2 is 1.64 bits per heavy atom. The van der Waals surface area contributed by atoms with Gasteiger partial charge >= 0.3 is 0 Å². The van der Waals surface area contributed by atoms with Gasteiger partial charge in [-0.05, 0) is 19.9 Å². The largest absolute Gasteiger partial charge is 0.280 e. The van der Waals surface area contributed by atoms with Gasteiger partial charge in [-0.2, -0.15) is 0 Å². The third kappa shape index (κ3) is 1.57. The van der Waals surface area contributed by atoms with Crippen molar-refractivity contribution in [2.75, 3.05) is 20.4 Å². The normalized spacial score (nSPS) is 30.3. The van der Waals surface area contributed by atoms with Crippen LogP contribution in [0.3, 0.4) is 0 Å². The summed E-state index contributed by atoms with van der Waals surface area (Å²) in [4.78, 5) is 4.98. The van der Waals surface area contributed by atoms with Crippen molar-refractivity contribution in [1.82, 2.24) is 9.80 Å². The quantitative estimate of drug-likeness (QED) is 0.564. The van der Waals surface area contributed by atoms with Crippen LogP contribution < -0.4 is 0 Å². The second-order valence-electron chi connectivity index (χ2n) is 4.02. The fraction of sp³-hybridized carbons (Fsp3) is 1.00. The Hall–Kier alpha value is -0.0800. The standard InChI is InChI=1S/C9H18N2/c1-10-7-11(8-10)9-5-3-2-4-6-9/h9H,2-8H2,1H3. The van der Waals surface area contributed by atoms with E-state index in [4.69, 9.17) is 0 Å². The number of hydrogen-bond donors (Lipinski definition) is 0. The Labute approximate surface area is 69.2 Å². The number of hydrogen-bond acceptors (Lipinski definition) is 2. The summed E-state index contributed by atoms with van der Waals surface area (Å²) in [5.74, 6) is 0. The van der Waals surface area contributed by atoms with E-state index >= 15 is 0 Å². The van der Waals surface area contributed by atoms with Gasteiger partial charge in [0.25, 0.3) is 0 Å². The molecule has 1 saturated heterocycles. The lowest BCUT2D eigenvalue weighted by Crippen LogP contribution is -2.57. The molecule has 0 radical (unpaired) electrons. The van der Waals surface area contributed by atoms with Crippen molar-refractivity contribution in [3.8, 4) is 0 Å². The van der Waals surface area contributed by atoms with Crippen LogP contribution in [0.1, 0.15) is 32.1 Å². The van der Waals surface area contributed by atoms with Crippen LogP contribution in [0, 0.1) is 0 Å². The Kier molecular flexibility index (Phi) is 2.14. The van der Waals surface area contributed by atoms with Gasteiger partial charge in [0.05, 0.1) is 13.3 Å². The molecular formula is C9H18N2. The first-order valence-corrected chi connectivity index (χ1v) is 4.79. The van der Waals surface area contributed by atoms with Gasteiger partial charge in [-0.1, -0.05) is 19.3 Å². The zero-order valence-electron chi connectivity index (χ0n) is 7.42. The second kappa shape index (κ2) is 3.11. The van der Waals surface area contributed by atoms with Gasteiger partial charge in [0.2, 0.25) is 0 Å². The van der Waals surface area contributed by atoms with Crippen LogP contribution in [-0.2, 0) is 0 Å². The fourth-order valence-electron chi connectivity index (χ4n) is 2.26. The fourth-order valence-corrected chi connectivity index (χ4v) is 2.26. The van der Waals surface area contributed by atoms with Crippen molar-refractivity contribution in [1.29, 1.82) is 0 Å².